The molecule has 1 unspecified atom stereocenters. The first kappa shape index (κ1) is 23.8. The van der Waals surface area contributed by atoms with Crippen LogP contribution in [0.25, 0.3) is 0 Å². The SMILES string of the molecule is CN=C(NCc1cccc(NC(=O)C2CCCCC2)c1)NC(C)Cc1c(C)nn(C)c1C. The first-order chi connectivity index (χ1) is 15.4. The number of carbonyl (C=O) groups excluding carboxylic acids is 1. The number of amides is 1. The van der Waals surface area contributed by atoms with Gasteiger partial charge in [0.05, 0.1) is 5.69 Å². The minimum atomic E-state index is 0.155. The molecule has 0 aliphatic heterocycles. The van der Waals surface area contributed by atoms with Crippen molar-refractivity contribution in [3.8, 4) is 0 Å². The largest absolute Gasteiger partial charge is 0.354 e. The maximum absolute atomic E-state index is 12.6. The number of aliphatic imine (C=N–C) groups is 1. The molecule has 0 spiro atoms. The first-order valence-electron chi connectivity index (χ1n) is 11.7. The number of aryl methyl sites for hydroxylation is 2. The van der Waals surface area contributed by atoms with Crippen LogP contribution < -0.4 is 16.0 Å². The lowest BCUT2D eigenvalue weighted by Gasteiger charge is -2.21. The van der Waals surface area contributed by atoms with E-state index in [0.717, 1.165) is 55.0 Å². The summed E-state index contributed by atoms with van der Waals surface area (Å²) in [6.07, 6.45) is 6.46. The second-order valence-electron chi connectivity index (χ2n) is 8.97. The summed E-state index contributed by atoms with van der Waals surface area (Å²) in [5.41, 5.74) is 5.52. The van der Waals surface area contributed by atoms with Crippen LogP contribution in [0.15, 0.2) is 29.3 Å². The van der Waals surface area contributed by atoms with Gasteiger partial charge in [0.2, 0.25) is 5.91 Å². The fourth-order valence-electron chi connectivity index (χ4n) is 4.45. The normalized spacial score (nSPS) is 16.0. The number of anilines is 1. The van der Waals surface area contributed by atoms with Crippen LogP contribution in [0.1, 0.15) is 61.5 Å². The lowest BCUT2D eigenvalue weighted by atomic mass is 9.88. The zero-order valence-corrected chi connectivity index (χ0v) is 20.2. The molecule has 0 saturated heterocycles. The van der Waals surface area contributed by atoms with Crippen LogP contribution in [0.5, 0.6) is 0 Å². The van der Waals surface area contributed by atoms with Gasteiger partial charge in [-0.05, 0) is 63.3 Å². The Balaban J connectivity index is 1.52. The molecule has 32 heavy (non-hydrogen) atoms. The van der Waals surface area contributed by atoms with E-state index in [4.69, 9.17) is 0 Å². The van der Waals surface area contributed by atoms with Gasteiger partial charge in [-0.1, -0.05) is 31.4 Å². The third-order valence-electron chi connectivity index (χ3n) is 6.41. The predicted molar refractivity (Wildman–Crippen MR) is 131 cm³/mol. The van der Waals surface area contributed by atoms with Crippen molar-refractivity contribution in [2.45, 2.75) is 71.9 Å². The molecule has 3 rings (SSSR count). The Kier molecular flexibility index (Phi) is 8.31. The Morgan fingerprint density at radius 1 is 1.25 bits per heavy atom. The fraction of sp³-hybridized carbons (Fsp3) is 0.560. The number of carbonyl (C=O) groups is 1. The number of nitrogens with one attached hydrogen (secondary N) is 3. The number of hydrogen-bond acceptors (Lipinski definition) is 3. The molecule has 1 amide bonds. The molecule has 1 aliphatic carbocycles. The number of rotatable bonds is 7. The van der Waals surface area contributed by atoms with Gasteiger partial charge in [-0.15, -0.1) is 0 Å². The van der Waals surface area contributed by atoms with Crippen molar-refractivity contribution < 1.29 is 4.79 Å². The molecule has 7 nitrogen and oxygen atoms in total. The third-order valence-corrected chi connectivity index (χ3v) is 6.41. The van der Waals surface area contributed by atoms with E-state index in [-0.39, 0.29) is 17.9 Å². The summed E-state index contributed by atoms with van der Waals surface area (Å²) < 4.78 is 1.94. The molecule has 1 aliphatic rings. The number of nitrogens with zero attached hydrogens (tertiary/aromatic N) is 3. The molecule has 1 heterocycles. The maximum Gasteiger partial charge on any atom is 0.227 e. The highest BCUT2D eigenvalue weighted by atomic mass is 16.1. The highest BCUT2D eigenvalue weighted by Crippen LogP contribution is 2.25. The molecule has 0 radical (unpaired) electrons. The Morgan fingerprint density at radius 3 is 2.66 bits per heavy atom. The van der Waals surface area contributed by atoms with Crippen molar-refractivity contribution in [3.63, 3.8) is 0 Å². The highest BCUT2D eigenvalue weighted by Gasteiger charge is 2.21. The number of benzene rings is 1. The second-order valence-corrected chi connectivity index (χ2v) is 8.97. The molecule has 2 aromatic rings. The van der Waals surface area contributed by atoms with Gasteiger partial charge in [-0.2, -0.15) is 5.10 Å². The smallest absolute Gasteiger partial charge is 0.227 e. The van der Waals surface area contributed by atoms with Gasteiger partial charge in [-0.3, -0.25) is 14.5 Å². The topological polar surface area (TPSA) is 83.3 Å². The van der Waals surface area contributed by atoms with Crippen LogP contribution >= 0.6 is 0 Å². The summed E-state index contributed by atoms with van der Waals surface area (Å²) in [6.45, 7) is 6.95. The van der Waals surface area contributed by atoms with E-state index in [2.05, 4.69) is 52.9 Å². The molecule has 1 saturated carbocycles. The minimum absolute atomic E-state index is 0.155. The first-order valence-corrected chi connectivity index (χ1v) is 11.7. The van der Waals surface area contributed by atoms with Gasteiger partial charge in [0, 0.05) is 44.0 Å². The predicted octanol–water partition coefficient (Wildman–Crippen LogP) is 3.85. The van der Waals surface area contributed by atoms with Crippen molar-refractivity contribution in [2.75, 3.05) is 12.4 Å². The van der Waals surface area contributed by atoms with Crippen molar-refractivity contribution in [1.82, 2.24) is 20.4 Å². The van der Waals surface area contributed by atoms with Gasteiger partial charge in [0.1, 0.15) is 0 Å². The summed E-state index contributed by atoms with van der Waals surface area (Å²) in [4.78, 5) is 16.9. The third kappa shape index (κ3) is 6.34. The van der Waals surface area contributed by atoms with Crippen molar-refractivity contribution in [2.24, 2.45) is 18.0 Å². The van der Waals surface area contributed by atoms with Gasteiger partial charge in [0.15, 0.2) is 5.96 Å². The van der Waals surface area contributed by atoms with Crippen molar-refractivity contribution in [3.05, 3.63) is 46.8 Å². The van der Waals surface area contributed by atoms with E-state index in [1.54, 1.807) is 7.05 Å². The van der Waals surface area contributed by atoms with Crippen LogP contribution in [0.4, 0.5) is 5.69 Å². The lowest BCUT2D eigenvalue weighted by Crippen LogP contribution is -2.42. The Morgan fingerprint density at radius 2 is 2.00 bits per heavy atom. The van der Waals surface area contributed by atoms with Crippen LogP contribution in [0.3, 0.4) is 0 Å². The summed E-state index contributed by atoms with van der Waals surface area (Å²) in [5, 5.41) is 14.5. The maximum atomic E-state index is 12.6. The van der Waals surface area contributed by atoms with E-state index in [1.165, 1.54) is 17.7 Å². The number of hydrogen-bond donors (Lipinski definition) is 3. The molecule has 1 fully saturated rings. The Bertz CT molecular complexity index is 942. The van der Waals surface area contributed by atoms with Gasteiger partial charge >= 0.3 is 0 Å². The number of guanidine groups is 1. The van der Waals surface area contributed by atoms with Crippen molar-refractivity contribution >= 4 is 17.6 Å². The van der Waals surface area contributed by atoms with E-state index in [9.17, 15) is 4.79 Å². The molecular formula is C25H38N6O. The molecule has 1 atom stereocenters. The van der Waals surface area contributed by atoms with Crippen LogP contribution in [-0.2, 0) is 24.8 Å². The molecule has 0 bridgehead atoms. The zero-order chi connectivity index (χ0) is 23.1. The highest BCUT2D eigenvalue weighted by molar-refractivity contribution is 5.92. The molecular weight excluding hydrogens is 400 g/mol. The molecule has 1 aromatic heterocycles. The fourth-order valence-corrected chi connectivity index (χ4v) is 4.45. The van der Waals surface area contributed by atoms with E-state index in [1.807, 2.05) is 29.9 Å². The quantitative estimate of drug-likeness (QED) is 0.453. The average molecular weight is 439 g/mol. The van der Waals surface area contributed by atoms with Crippen LogP contribution in [-0.4, -0.2) is 34.7 Å². The summed E-state index contributed by atoms with van der Waals surface area (Å²) in [6, 6.07) is 8.25. The Labute approximate surface area is 192 Å². The standard InChI is InChI=1S/C25H38N6O/c1-17(14-23-18(2)30-31(5)19(23)3)28-25(26-4)27-16-20-10-9-13-22(15-20)29-24(32)21-11-7-6-8-12-21/h9-10,13,15,17,21H,6-8,11-12,14,16H2,1-5H3,(H,29,32)(H2,26,27,28). The van der Waals surface area contributed by atoms with E-state index >= 15 is 0 Å². The molecule has 7 heteroatoms. The van der Waals surface area contributed by atoms with Crippen molar-refractivity contribution in [1.29, 1.82) is 0 Å². The average Bonchev–Trinajstić information content (AvgIpc) is 3.03. The Hall–Kier alpha value is -2.83. The summed E-state index contributed by atoms with van der Waals surface area (Å²) >= 11 is 0. The lowest BCUT2D eigenvalue weighted by molar-refractivity contribution is -0.120. The molecule has 1 aromatic carbocycles. The van der Waals surface area contributed by atoms with E-state index in [0.29, 0.717) is 6.54 Å². The van der Waals surface area contributed by atoms with Crippen LogP contribution in [0, 0.1) is 19.8 Å². The zero-order valence-electron chi connectivity index (χ0n) is 20.2. The minimum Gasteiger partial charge on any atom is -0.354 e. The number of aromatic nitrogens is 2. The van der Waals surface area contributed by atoms with E-state index < -0.39 is 0 Å². The van der Waals surface area contributed by atoms with Gasteiger partial charge < -0.3 is 16.0 Å². The van der Waals surface area contributed by atoms with Gasteiger partial charge in [0.25, 0.3) is 0 Å². The second kappa shape index (κ2) is 11.2. The monoisotopic (exact) mass is 438 g/mol. The summed E-state index contributed by atoms with van der Waals surface area (Å²) in [5.74, 6) is 1.07. The summed E-state index contributed by atoms with van der Waals surface area (Å²) in [7, 11) is 3.76. The molecule has 174 valence electrons. The van der Waals surface area contributed by atoms with Gasteiger partial charge in [-0.25, -0.2) is 0 Å². The molecule has 3 N–H and O–H groups in total. The van der Waals surface area contributed by atoms with Crippen LogP contribution in [0.2, 0.25) is 0 Å².